The Morgan fingerprint density at radius 3 is 2.25 bits per heavy atom. The molecule has 0 N–H and O–H groups in total. The molecule has 1 saturated heterocycles. The third-order valence-corrected chi connectivity index (χ3v) is 6.94. The van der Waals surface area contributed by atoms with Crippen LogP contribution in [0.5, 0.6) is 0 Å². The minimum absolute atomic E-state index is 0.175. The van der Waals surface area contributed by atoms with Gasteiger partial charge in [0.05, 0.1) is 17.9 Å². The number of rotatable bonds is 4. The first-order chi connectivity index (χ1) is 13.4. The van der Waals surface area contributed by atoms with Gasteiger partial charge < -0.3 is 0 Å². The zero-order valence-corrected chi connectivity index (χ0v) is 15.7. The van der Waals surface area contributed by atoms with Crippen molar-refractivity contribution in [1.82, 2.24) is 9.21 Å². The highest BCUT2D eigenvalue weighted by Gasteiger charge is 2.37. The van der Waals surface area contributed by atoms with Crippen molar-refractivity contribution < 1.29 is 22.4 Å². The molecule has 7 nitrogen and oxygen atoms in total. The van der Waals surface area contributed by atoms with Crippen molar-refractivity contribution in [3.63, 3.8) is 0 Å². The topological polar surface area (TPSA) is 78.0 Å². The van der Waals surface area contributed by atoms with E-state index < -0.39 is 27.5 Å². The van der Waals surface area contributed by atoms with Crippen molar-refractivity contribution >= 4 is 27.4 Å². The van der Waals surface area contributed by atoms with Crippen molar-refractivity contribution in [3.8, 4) is 0 Å². The van der Waals surface area contributed by atoms with Gasteiger partial charge in [-0.3, -0.25) is 19.4 Å². The maximum Gasteiger partial charge on any atom is 0.300 e. The average molecular weight is 403 g/mol. The van der Waals surface area contributed by atoms with Crippen LogP contribution in [0.3, 0.4) is 0 Å². The number of halogens is 1. The Morgan fingerprint density at radius 2 is 1.54 bits per heavy atom. The molecule has 2 aromatic carbocycles. The fraction of sp³-hybridized carbons (Fsp3) is 0.263. The minimum Gasteiger partial charge on any atom is -0.291 e. The Kier molecular flexibility index (Phi) is 4.74. The first-order valence-corrected chi connectivity index (χ1v) is 10.3. The van der Waals surface area contributed by atoms with E-state index in [1.165, 1.54) is 27.4 Å². The lowest BCUT2D eigenvalue weighted by Gasteiger charge is -2.35. The predicted octanol–water partition coefficient (Wildman–Crippen LogP) is 1.32. The van der Waals surface area contributed by atoms with Gasteiger partial charge in [0.15, 0.2) is 0 Å². The lowest BCUT2D eigenvalue weighted by Crippen LogP contribution is -2.52. The normalized spacial score (nSPS) is 18.5. The van der Waals surface area contributed by atoms with Crippen LogP contribution in [0.15, 0.2) is 53.4 Å². The second-order valence-electron chi connectivity index (χ2n) is 6.67. The number of piperazine rings is 1. The fourth-order valence-corrected chi connectivity index (χ4v) is 4.98. The summed E-state index contributed by atoms with van der Waals surface area (Å²) < 4.78 is 40.5. The first kappa shape index (κ1) is 18.7. The number of carbonyl (C=O) groups is 2. The second-order valence-corrected chi connectivity index (χ2v) is 8.58. The maximum atomic E-state index is 13.9. The Balaban J connectivity index is 1.45. The van der Waals surface area contributed by atoms with Crippen LogP contribution in [-0.4, -0.2) is 62.2 Å². The number of ketones is 1. The molecule has 0 aliphatic carbocycles. The van der Waals surface area contributed by atoms with E-state index in [4.69, 9.17) is 0 Å². The van der Waals surface area contributed by atoms with Crippen LogP contribution in [0.4, 0.5) is 10.1 Å². The van der Waals surface area contributed by atoms with E-state index in [1.807, 2.05) is 4.90 Å². The van der Waals surface area contributed by atoms with Crippen LogP contribution in [0.1, 0.15) is 10.4 Å². The summed E-state index contributed by atoms with van der Waals surface area (Å²) in [7, 11) is -3.91. The smallest absolute Gasteiger partial charge is 0.291 e. The number of benzene rings is 2. The molecule has 1 amide bonds. The molecule has 0 bridgehead atoms. The molecule has 2 aliphatic heterocycles. The first-order valence-electron chi connectivity index (χ1n) is 8.82. The summed E-state index contributed by atoms with van der Waals surface area (Å²) in [6.07, 6.45) is 0. The van der Waals surface area contributed by atoms with E-state index in [0.29, 0.717) is 24.3 Å². The van der Waals surface area contributed by atoms with Gasteiger partial charge in [-0.2, -0.15) is 4.31 Å². The molecular weight excluding hydrogens is 385 g/mol. The van der Waals surface area contributed by atoms with Crippen LogP contribution in [0, 0.1) is 5.82 Å². The fourth-order valence-electron chi connectivity index (χ4n) is 3.49. The zero-order chi connectivity index (χ0) is 19.9. The Morgan fingerprint density at radius 1 is 0.893 bits per heavy atom. The Bertz CT molecular complexity index is 1050. The summed E-state index contributed by atoms with van der Waals surface area (Å²) in [6, 6.07) is 12.1. The molecule has 146 valence electrons. The van der Waals surface area contributed by atoms with Crippen molar-refractivity contribution in [3.05, 3.63) is 59.9 Å². The van der Waals surface area contributed by atoms with Crippen LogP contribution >= 0.6 is 0 Å². The van der Waals surface area contributed by atoms with Gasteiger partial charge in [0, 0.05) is 26.2 Å². The lowest BCUT2D eigenvalue weighted by molar-refractivity contribution is -0.114. The molecule has 0 radical (unpaired) electrons. The zero-order valence-electron chi connectivity index (χ0n) is 14.9. The monoisotopic (exact) mass is 403 g/mol. The average Bonchev–Trinajstić information content (AvgIpc) is 2.94. The van der Waals surface area contributed by atoms with Crippen molar-refractivity contribution in [2.45, 2.75) is 4.90 Å². The number of amides is 1. The molecular formula is C19H18FN3O4S. The summed E-state index contributed by atoms with van der Waals surface area (Å²) >= 11 is 0. The quantitative estimate of drug-likeness (QED) is 0.720. The predicted molar refractivity (Wildman–Crippen MR) is 99.9 cm³/mol. The van der Waals surface area contributed by atoms with Gasteiger partial charge in [-0.1, -0.05) is 24.3 Å². The van der Waals surface area contributed by atoms with Gasteiger partial charge in [0.1, 0.15) is 10.7 Å². The van der Waals surface area contributed by atoms with E-state index in [9.17, 15) is 22.4 Å². The van der Waals surface area contributed by atoms with Gasteiger partial charge >= 0.3 is 5.91 Å². The Labute approximate surface area is 162 Å². The third-order valence-electron chi connectivity index (χ3n) is 5.01. The van der Waals surface area contributed by atoms with E-state index in [-0.39, 0.29) is 24.7 Å². The standard InChI is InChI=1S/C19H18FN3O4S/c20-15-6-2-4-8-17(15)28(26,27)22-11-9-21(10-12-22)13-23-16-7-3-1-5-14(16)18(24)19(23)25/h1-8H,9-13H2. The molecule has 0 spiro atoms. The highest BCUT2D eigenvalue weighted by molar-refractivity contribution is 7.89. The van der Waals surface area contributed by atoms with Crippen LogP contribution < -0.4 is 4.90 Å². The van der Waals surface area contributed by atoms with Gasteiger partial charge in [-0.25, -0.2) is 12.8 Å². The number of anilines is 1. The van der Waals surface area contributed by atoms with E-state index in [1.54, 1.807) is 24.3 Å². The van der Waals surface area contributed by atoms with Crippen molar-refractivity contribution in [1.29, 1.82) is 0 Å². The van der Waals surface area contributed by atoms with E-state index in [2.05, 4.69) is 0 Å². The second kappa shape index (κ2) is 7.08. The largest absolute Gasteiger partial charge is 0.300 e. The number of Topliss-reactive ketones (excluding diaryl/α,β-unsaturated/α-hetero) is 1. The molecule has 0 atom stereocenters. The summed E-state index contributed by atoms with van der Waals surface area (Å²) in [5.41, 5.74) is 0.951. The number of nitrogens with zero attached hydrogens (tertiary/aromatic N) is 3. The number of fused-ring (bicyclic) bond motifs is 1. The summed E-state index contributed by atoms with van der Waals surface area (Å²) in [6.45, 7) is 1.29. The number of para-hydroxylation sites is 1. The number of hydrogen-bond donors (Lipinski definition) is 0. The van der Waals surface area contributed by atoms with E-state index >= 15 is 0 Å². The number of carbonyl (C=O) groups excluding carboxylic acids is 2. The van der Waals surface area contributed by atoms with E-state index in [0.717, 1.165) is 6.07 Å². The van der Waals surface area contributed by atoms with Gasteiger partial charge in [-0.05, 0) is 24.3 Å². The number of hydrogen-bond acceptors (Lipinski definition) is 5. The van der Waals surface area contributed by atoms with Gasteiger partial charge in [0.2, 0.25) is 10.0 Å². The van der Waals surface area contributed by atoms with Gasteiger partial charge in [0.25, 0.3) is 5.78 Å². The number of sulfonamides is 1. The SMILES string of the molecule is O=C1C(=O)N(CN2CCN(S(=O)(=O)c3ccccc3F)CC2)c2ccccc21. The molecule has 9 heteroatoms. The molecule has 0 unspecified atom stereocenters. The molecule has 28 heavy (non-hydrogen) atoms. The molecule has 0 aromatic heterocycles. The molecule has 0 saturated carbocycles. The molecule has 2 aliphatic rings. The summed E-state index contributed by atoms with van der Waals surface area (Å²) in [4.78, 5) is 27.4. The van der Waals surface area contributed by atoms with Gasteiger partial charge in [-0.15, -0.1) is 0 Å². The Hall–Kier alpha value is -2.62. The van der Waals surface area contributed by atoms with Crippen molar-refractivity contribution in [2.24, 2.45) is 0 Å². The molecule has 1 fully saturated rings. The van der Waals surface area contributed by atoms with Crippen LogP contribution in [0.2, 0.25) is 0 Å². The summed E-state index contributed by atoms with van der Waals surface area (Å²) in [5, 5.41) is 0. The highest BCUT2D eigenvalue weighted by Crippen LogP contribution is 2.29. The van der Waals surface area contributed by atoms with Crippen LogP contribution in [-0.2, 0) is 14.8 Å². The minimum atomic E-state index is -3.91. The van der Waals surface area contributed by atoms with Crippen LogP contribution in [0.25, 0.3) is 0 Å². The highest BCUT2D eigenvalue weighted by atomic mass is 32.2. The van der Waals surface area contributed by atoms with Crippen molar-refractivity contribution in [2.75, 3.05) is 37.7 Å². The molecule has 2 heterocycles. The molecule has 4 rings (SSSR count). The summed E-state index contributed by atoms with van der Waals surface area (Å²) in [5.74, 6) is -1.89. The third kappa shape index (κ3) is 3.11. The molecule has 2 aromatic rings. The lowest BCUT2D eigenvalue weighted by atomic mass is 10.1. The maximum absolute atomic E-state index is 13.9.